The van der Waals surface area contributed by atoms with Crippen LogP contribution in [0.15, 0.2) is 12.1 Å². The van der Waals surface area contributed by atoms with Gasteiger partial charge in [0.2, 0.25) is 0 Å². The number of halogens is 2. The number of methoxy groups -OCH3 is 1. The number of nitrogens with one attached hydrogen (secondary N) is 1. The van der Waals surface area contributed by atoms with E-state index in [0.717, 1.165) is 18.7 Å². The van der Waals surface area contributed by atoms with Crippen LogP contribution in [0.4, 0.5) is 0 Å². The highest BCUT2D eigenvalue weighted by Crippen LogP contribution is 2.36. The number of unbranched alkanes of at least 4 members (excludes halogenated alkanes) is 3. The van der Waals surface area contributed by atoms with Crippen molar-refractivity contribution in [3.63, 3.8) is 0 Å². The Bertz CT molecular complexity index is 400. The van der Waals surface area contributed by atoms with E-state index in [1.807, 2.05) is 19.1 Å². The minimum atomic E-state index is 0. The highest BCUT2D eigenvalue weighted by atomic mass is 35.5. The van der Waals surface area contributed by atoms with Gasteiger partial charge in [0, 0.05) is 6.54 Å². The zero-order valence-corrected chi connectivity index (χ0v) is 14.8. The topological polar surface area (TPSA) is 30.5 Å². The van der Waals surface area contributed by atoms with Crippen molar-refractivity contribution in [1.29, 1.82) is 0 Å². The maximum absolute atomic E-state index is 6.22. The molecule has 0 atom stereocenters. The number of ether oxygens (including phenoxy) is 2. The van der Waals surface area contributed by atoms with Gasteiger partial charge in [-0.3, -0.25) is 0 Å². The quantitative estimate of drug-likeness (QED) is 0.620. The molecule has 0 unspecified atom stereocenters. The highest BCUT2D eigenvalue weighted by Gasteiger charge is 2.11. The van der Waals surface area contributed by atoms with Gasteiger partial charge in [0.15, 0.2) is 11.5 Å². The van der Waals surface area contributed by atoms with Gasteiger partial charge in [0.25, 0.3) is 0 Å². The van der Waals surface area contributed by atoms with Gasteiger partial charge in [-0.1, -0.05) is 37.8 Å². The molecule has 0 aromatic heterocycles. The van der Waals surface area contributed by atoms with Crippen molar-refractivity contribution >= 4 is 24.0 Å². The van der Waals surface area contributed by atoms with Crippen molar-refractivity contribution in [1.82, 2.24) is 5.32 Å². The standard InChI is InChI=1S/C16H26ClNO2.ClH/c1-4-6-7-8-9-18-12-13-10-14(17)16(19-3)15(11-13)20-5-2;/h10-11,18H,4-9,12H2,1-3H3;1H. The predicted octanol–water partition coefficient (Wildman–Crippen LogP) is 4.84. The molecule has 0 spiro atoms. The van der Waals surface area contributed by atoms with Gasteiger partial charge in [0.1, 0.15) is 0 Å². The van der Waals surface area contributed by atoms with Crippen LogP contribution in [0.2, 0.25) is 5.02 Å². The van der Waals surface area contributed by atoms with Crippen LogP contribution in [0.5, 0.6) is 11.5 Å². The minimum Gasteiger partial charge on any atom is -0.491 e. The fourth-order valence-corrected chi connectivity index (χ4v) is 2.40. The SMILES string of the molecule is CCCCCCNCc1cc(Cl)c(OC)c(OCC)c1.Cl. The van der Waals surface area contributed by atoms with Crippen molar-refractivity contribution in [2.24, 2.45) is 0 Å². The first-order chi connectivity index (χ1) is 9.72. The number of hydrogen-bond acceptors (Lipinski definition) is 3. The summed E-state index contributed by atoms with van der Waals surface area (Å²) in [6, 6.07) is 3.93. The second-order valence-electron chi connectivity index (χ2n) is 4.78. The van der Waals surface area contributed by atoms with Gasteiger partial charge in [-0.2, -0.15) is 0 Å². The molecule has 5 heteroatoms. The van der Waals surface area contributed by atoms with E-state index in [2.05, 4.69) is 12.2 Å². The molecular weight excluding hydrogens is 309 g/mol. The number of rotatable bonds is 10. The first-order valence-electron chi connectivity index (χ1n) is 7.42. The van der Waals surface area contributed by atoms with Crippen LogP contribution in [-0.2, 0) is 6.54 Å². The second kappa shape index (κ2) is 12.0. The van der Waals surface area contributed by atoms with Gasteiger partial charge in [-0.05, 0) is 37.6 Å². The van der Waals surface area contributed by atoms with Gasteiger partial charge in [-0.15, -0.1) is 12.4 Å². The van der Waals surface area contributed by atoms with Crippen LogP contribution >= 0.6 is 24.0 Å². The normalized spacial score (nSPS) is 10.1. The molecule has 0 saturated heterocycles. The number of benzene rings is 1. The summed E-state index contributed by atoms with van der Waals surface area (Å²) in [6.07, 6.45) is 5.09. The lowest BCUT2D eigenvalue weighted by Crippen LogP contribution is -2.14. The average molecular weight is 336 g/mol. The molecular formula is C16H27Cl2NO2. The zero-order chi connectivity index (χ0) is 14.8. The van der Waals surface area contributed by atoms with E-state index >= 15 is 0 Å². The molecule has 0 fully saturated rings. The summed E-state index contributed by atoms with van der Waals surface area (Å²) in [5.74, 6) is 1.32. The van der Waals surface area contributed by atoms with E-state index < -0.39 is 0 Å². The molecule has 0 aliphatic rings. The van der Waals surface area contributed by atoms with Crippen molar-refractivity contribution in [3.05, 3.63) is 22.7 Å². The van der Waals surface area contributed by atoms with Crippen molar-refractivity contribution in [2.75, 3.05) is 20.3 Å². The lowest BCUT2D eigenvalue weighted by atomic mass is 10.2. The molecule has 0 saturated carbocycles. The molecule has 1 aromatic rings. The Morgan fingerprint density at radius 2 is 1.90 bits per heavy atom. The number of hydrogen-bond donors (Lipinski definition) is 1. The Morgan fingerprint density at radius 3 is 2.52 bits per heavy atom. The maximum Gasteiger partial charge on any atom is 0.179 e. The van der Waals surface area contributed by atoms with E-state index in [1.54, 1.807) is 7.11 Å². The van der Waals surface area contributed by atoms with Crippen molar-refractivity contribution < 1.29 is 9.47 Å². The first-order valence-corrected chi connectivity index (χ1v) is 7.80. The van der Waals surface area contributed by atoms with E-state index in [9.17, 15) is 0 Å². The second-order valence-corrected chi connectivity index (χ2v) is 5.19. The molecule has 0 radical (unpaired) electrons. The van der Waals surface area contributed by atoms with E-state index in [4.69, 9.17) is 21.1 Å². The summed E-state index contributed by atoms with van der Waals surface area (Å²) >= 11 is 6.22. The van der Waals surface area contributed by atoms with Crippen LogP contribution < -0.4 is 14.8 Å². The molecule has 1 N–H and O–H groups in total. The lowest BCUT2D eigenvalue weighted by Gasteiger charge is -2.13. The smallest absolute Gasteiger partial charge is 0.179 e. The summed E-state index contributed by atoms with van der Waals surface area (Å²) < 4.78 is 10.8. The molecule has 21 heavy (non-hydrogen) atoms. The van der Waals surface area contributed by atoms with Crippen LogP contribution in [-0.4, -0.2) is 20.3 Å². The summed E-state index contributed by atoms with van der Waals surface area (Å²) in [7, 11) is 1.61. The summed E-state index contributed by atoms with van der Waals surface area (Å²) in [5.41, 5.74) is 1.12. The monoisotopic (exact) mass is 335 g/mol. The van der Waals surface area contributed by atoms with E-state index in [0.29, 0.717) is 23.1 Å². The third-order valence-electron chi connectivity index (χ3n) is 3.11. The zero-order valence-electron chi connectivity index (χ0n) is 13.2. The molecule has 1 aromatic carbocycles. The van der Waals surface area contributed by atoms with Crippen molar-refractivity contribution in [2.45, 2.75) is 46.1 Å². The Labute approximate surface area is 139 Å². The van der Waals surface area contributed by atoms with Crippen LogP contribution in [0.25, 0.3) is 0 Å². The first kappa shape index (κ1) is 20.4. The third-order valence-corrected chi connectivity index (χ3v) is 3.39. The van der Waals surface area contributed by atoms with Gasteiger partial charge in [-0.25, -0.2) is 0 Å². The summed E-state index contributed by atoms with van der Waals surface area (Å²) in [6.45, 7) is 6.61. The van der Waals surface area contributed by atoms with Gasteiger partial charge in [0.05, 0.1) is 18.7 Å². The molecule has 122 valence electrons. The Hall–Kier alpha value is -0.640. The third kappa shape index (κ3) is 7.25. The molecule has 0 heterocycles. The lowest BCUT2D eigenvalue weighted by molar-refractivity contribution is 0.310. The van der Waals surface area contributed by atoms with Crippen LogP contribution in [0.1, 0.15) is 45.1 Å². The predicted molar refractivity (Wildman–Crippen MR) is 92.3 cm³/mol. The van der Waals surface area contributed by atoms with Crippen molar-refractivity contribution in [3.8, 4) is 11.5 Å². The van der Waals surface area contributed by atoms with Crippen LogP contribution in [0.3, 0.4) is 0 Å². The molecule has 1 rings (SSSR count). The fourth-order valence-electron chi connectivity index (χ4n) is 2.09. The van der Waals surface area contributed by atoms with Gasteiger partial charge < -0.3 is 14.8 Å². The average Bonchev–Trinajstić information content (AvgIpc) is 2.43. The molecule has 0 amide bonds. The Kier molecular flexibility index (Phi) is 11.6. The Morgan fingerprint density at radius 1 is 1.14 bits per heavy atom. The Balaban J connectivity index is 0.00000400. The van der Waals surface area contributed by atoms with Crippen LogP contribution in [0, 0.1) is 0 Å². The maximum atomic E-state index is 6.22. The van der Waals surface area contributed by atoms with E-state index in [1.165, 1.54) is 25.7 Å². The summed E-state index contributed by atoms with van der Waals surface area (Å²) in [5, 5.41) is 4.04. The fraction of sp³-hybridized carbons (Fsp3) is 0.625. The largest absolute Gasteiger partial charge is 0.491 e. The minimum absolute atomic E-state index is 0. The van der Waals surface area contributed by atoms with E-state index in [-0.39, 0.29) is 12.4 Å². The van der Waals surface area contributed by atoms with Gasteiger partial charge >= 0.3 is 0 Å². The molecule has 0 aliphatic heterocycles. The summed E-state index contributed by atoms with van der Waals surface area (Å²) in [4.78, 5) is 0. The highest BCUT2D eigenvalue weighted by molar-refractivity contribution is 6.32. The molecule has 0 aliphatic carbocycles. The molecule has 0 bridgehead atoms. The molecule has 3 nitrogen and oxygen atoms in total.